The number of hydrogen-bond acceptors (Lipinski definition) is 7. The molecule has 1 spiro atoms. The number of hydrogen-bond donors (Lipinski definition) is 0. The molecule has 7 nitrogen and oxygen atoms in total. The van der Waals surface area contributed by atoms with E-state index in [1.165, 1.54) is 21.6 Å². The number of amides is 2. The summed E-state index contributed by atoms with van der Waals surface area (Å²) >= 11 is 0. The van der Waals surface area contributed by atoms with Crippen molar-refractivity contribution in [1.82, 2.24) is 9.80 Å². The minimum atomic E-state index is -1.10. The van der Waals surface area contributed by atoms with Crippen LogP contribution in [0.1, 0.15) is 31.9 Å². The molecule has 4 fully saturated rings. The van der Waals surface area contributed by atoms with Gasteiger partial charge in [-0.05, 0) is 31.5 Å². The predicted molar refractivity (Wildman–Crippen MR) is 109 cm³/mol. The number of fused-ring (bicyclic) bond motifs is 3. The fraction of sp³-hybridized carbons (Fsp3) is 0.450. The van der Waals surface area contributed by atoms with Gasteiger partial charge in [-0.15, -0.1) is 6.58 Å². The van der Waals surface area contributed by atoms with Crippen molar-refractivity contribution >= 4 is 33.4 Å². The highest BCUT2D eigenvalue weighted by molar-refractivity contribution is 8.78. The van der Waals surface area contributed by atoms with E-state index in [2.05, 4.69) is 12.6 Å². The van der Waals surface area contributed by atoms with Gasteiger partial charge in [-0.3, -0.25) is 9.59 Å². The fourth-order valence-corrected chi connectivity index (χ4v) is 8.34. The maximum atomic E-state index is 13.7. The minimum absolute atomic E-state index is 0.132. The van der Waals surface area contributed by atoms with Crippen LogP contribution in [0.5, 0.6) is 11.5 Å². The quantitative estimate of drug-likeness (QED) is 0.539. The molecule has 1 unspecified atom stereocenters. The highest BCUT2D eigenvalue weighted by Gasteiger charge is 2.75. The second-order valence-electron chi connectivity index (χ2n) is 8.03. The maximum Gasteiger partial charge on any atom is 0.261 e. The largest absolute Gasteiger partial charge is 0.454 e. The molecule has 4 saturated heterocycles. The second-order valence-corrected chi connectivity index (χ2v) is 10.8. The van der Waals surface area contributed by atoms with Crippen molar-refractivity contribution in [3.63, 3.8) is 0 Å². The molecule has 29 heavy (non-hydrogen) atoms. The molecule has 2 amide bonds. The lowest BCUT2D eigenvalue weighted by atomic mass is 9.79. The first-order valence-corrected chi connectivity index (χ1v) is 11.4. The first kappa shape index (κ1) is 18.7. The van der Waals surface area contributed by atoms with Crippen LogP contribution in [-0.4, -0.2) is 44.7 Å². The van der Waals surface area contributed by atoms with Gasteiger partial charge in [0.25, 0.3) is 11.8 Å². The zero-order valence-electron chi connectivity index (χ0n) is 16.0. The average Bonchev–Trinajstić information content (AvgIpc) is 3.28. The molecule has 1 aromatic carbocycles. The molecule has 1 aromatic rings. The highest BCUT2D eigenvalue weighted by Crippen LogP contribution is 2.69. The molecule has 6 rings (SSSR count). The zero-order chi connectivity index (χ0) is 20.6. The summed E-state index contributed by atoms with van der Waals surface area (Å²) in [7, 11) is 2.80. The summed E-state index contributed by atoms with van der Waals surface area (Å²) in [6, 6.07) is 7.33. The van der Waals surface area contributed by atoms with Crippen molar-refractivity contribution in [2.24, 2.45) is 5.41 Å². The molecular formula is C20H19N3O4S2. The van der Waals surface area contributed by atoms with Crippen LogP contribution in [-0.2, 0) is 9.59 Å². The molecule has 150 valence electrons. The fourth-order valence-electron chi connectivity index (χ4n) is 4.80. The van der Waals surface area contributed by atoms with Gasteiger partial charge >= 0.3 is 0 Å². The van der Waals surface area contributed by atoms with E-state index in [-0.39, 0.29) is 25.0 Å². The van der Waals surface area contributed by atoms with Crippen molar-refractivity contribution in [2.45, 2.75) is 36.1 Å². The van der Waals surface area contributed by atoms with Crippen molar-refractivity contribution in [2.75, 3.05) is 13.3 Å². The van der Waals surface area contributed by atoms with Gasteiger partial charge in [-0.25, -0.2) is 0 Å². The normalized spacial score (nSPS) is 36.9. The number of ether oxygens (including phenoxy) is 2. The Labute approximate surface area is 176 Å². The van der Waals surface area contributed by atoms with Crippen molar-refractivity contribution in [1.29, 1.82) is 5.26 Å². The number of nitrogens with zero attached hydrogens (tertiary/aromatic N) is 3. The number of rotatable bonds is 3. The lowest BCUT2D eigenvalue weighted by Crippen LogP contribution is -2.74. The van der Waals surface area contributed by atoms with Crippen molar-refractivity contribution < 1.29 is 19.1 Å². The van der Waals surface area contributed by atoms with Crippen LogP contribution in [0.3, 0.4) is 0 Å². The van der Waals surface area contributed by atoms with Gasteiger partial charge in [0.05, 0.1) is 17.5 Å². The van der Waals surface area contributed by atoms with E-state index in [0.717, 1.165) is 5.56 Å². The molecule has 0 saturated carbocycles. The smallest absolute Gasteiger partial charge is 0.261 e. The maximum absolute atomic E-state index is 13.7. The van der Waals surface area contributed by atoms with Gasteiger partial charge in [-0.2, -0.15) is 5.26 Å². The van der Waals surface area contributed by atoms with E-state index < -0.39 is 21.2 Å². The van der Waals surface area contributed by atoms with Crippen LogP contribution >= 0.6 is 21.6 Å². The molecule has 4 atom stereocenters. The van der Waals surface area contributed by atoms with Crippen LogP contribution in [0.2, 0.25) is 0 Å². The molecule has 9 heteroatoms. The summed E-state index contributed by atoms with van der Waals surface area (Å²) < 4.78 is 10.9. The zero-order valence-corrected chi connectivity index (χ0v) is 17.6. The van der Waals surface area contributed by atoms with Gasteiger partial charge in [0, 0.05) is 13.0 Å². The van der Waals surface area contributed by atoms with Gasteiger partial charge in [0.15, 0.2) is 21.2 Å². The molecule has 0 N–H and O–H groups in total. The molecule has 5 heterocycles. The number of piperazine rings is 1. The van der Waals surface area contributed by atoms with Gasteiger partial charge in [-0.1, -0.05) is 33.7 Å². The summed E-state index contributed by atoms with van der Waals surface area (Å²) in [5.41, 5.74) is -0.157. The van der Waals surface area contributed by atoms with E-state index >= 15 is 0 Å². The third-order valence-electron chi connectivity index (χ3n) is 6.19. The Bertz CT molecular complexity index is 1010. The third-order valence-corrected chi connectivity index (χ3v) is 9.83. The van der Waals surface area contributed by atoms with Gasteiger partial charge in [0.1, 0.15) is 0 Å². The average molecular weight is 430 g/mol. The first-order chi connectivity index (χ1) is 13.8. The summed E-state index contributed by atoms with van der Waals surface area (Å²) in [5.74, 6) is 0.945. The number of nitriles is 1. The summed E-state index contributed by atoms with van der Waals surface area (Å²) in [6.45, 7) is 7.78. The molecule has 2 bridgehead atoms. The predicted octanol–water partition coefficient (Wildman–Crippen LogP) is 3.05. The summed E-state index contributed by atoms with van der Waals surface area (Å²) in [6.07, 6.45) is 1.90. The molecule has 0 aromatic heterocycles. The molecule has 0 radical (unpaired) electrons. The van der Waals surface area contributed by atoms with Crippen LogP contribution in [0, 0.1) is 16.7 Å². The third kappa shape index (κ3) is 2.16. The molecule has 5 aliphatic heterocycles. The van der Waals surface area contributed by atoms with Crippen LogP contribution < -0.4 is 9.47 Å². The van der Waals surface area contributed by atoms with E-state index in [1.54, 1.807) is 28.9 Å². The monoisotopic (exact) mass is 429 g/mol. The highest BCUT2D eigenvalue weighted by atomic mass is 33.1. The van der Waals surface area contributed by atoms with Crippen LogP contribution in [0.25, 0.3) is 0 Å². The van der Waals surface area contributed by atoms with E-state index in [0.29, 0.717) is 18.0 Å². The van der Waals surface area contributed by atoms with Crippen molar-refractivity contribution in [3.8, 4) is 17.6 Å². The SMILES string of the molecule is C=CCN1C(=O)[C@@]23C[C@](C)(C#N)C(c4ccc5c(c4)OCO5)N2C(=O)[C@]1(C)SS3. The van der Waals surface area contributed by atoms with E-state index in [9.17, 15) is 14.9 Å². The topological polar surface area (TPSA) is 82.9 Å². The van der Waals surface area contributed by atoms with E-state index in [1.807, 2.05) is 19.1 Å². The summed E-state index contributed by atoms with van der Waals surface area (Å²) in [4.78, 5) is 28.5. The van der Waals surface area contributed by atoms with Crippen LogP contribution in [0.4, 0.5) is 0 Å². The lowest BCUT2D eigenvalue weighted by Gasteiger charge is -2.58. The Hall–Kier alpha value is -2.31. The lowest BCUT2D eigenvalue weighted by molar-refractivity contribution is -0.165. The van der Waals surface area contributed by atoms with E-state index in [4.69, 9.17) is 9.47 Å². The van der Waals surface area contributed by atoms with Gasteiger partial charge < -0.3 is 19.3 Å². The van der Waals surface area contributed by atoms with Crippen LogP contribution in [0.15, 0.2) is 30.9 Å². The Morgan fingerprint density at radius 1 is 1.28 bits per heavy atom. The number of benzene rings is 1. The Balaban J connectivity index is 1.68. The molecule has 5 aliphatic rings. The molecular weight excluding hydrogens is 410 g/mol. The second kappa shape index (κ2) is 5.86. The number of carbonyl (C=O) groups is 2. The Morgan fingerprint density at radius 3 is 2.76 bits per heavy atom. The Morgan fingerprint density at radius 2 is 2.03 bits per heavy atom. The molecule has 0 aliphatic carbocycles. The van der Waals surface area contributed by atoms with Gasteiger partial charge in [0.2, 0.25) is 6.79 Å². The summed E-state index contributed by atoms with van der Waals surface area (Å²) in [5, 5.41) is 10.1. The van der Waals surface area contributed by atoms with Crippen molar-refractivity contribution in [3.05, 3.63) is 36.4 Å². The number of carbonyl (C=O) groups excluding carboxylic acids is 2. The minimum Gasteiger partial charge on any atom is -0.454 e. The standard InChI is InChI=1S/C20H19N3O4S2/c1-4-7-22-17(25)20-9-18(2,10-21)15(23(20)16(24)19(22,3)28-29-20)12-5-6-13-14(8-12)27-11-26-13/h4-6,8,15H,1,7,9,11H2,2-3H3/t15?,18-,19+,20+/m1/s1. The Kier molecular flexibility index (Phi) is 3.78. The first-order valence-electron chi connectivity index (χ1n) is 9.25.